The second kappa shape index (κ2) is 6.79. The molecule has 1 saturated heterocycles. The summed E-state index contributed by atoms with van der Waals surface area (Å²) >= 11 is 1.77. The minimum atomic E-state index is 0.00379. The minimum Gasteiger partial charge on any atom is -0.396 e. The second-order valence-electron chi connectivity index (χ2n) is 5.69. The fraction of sp³-hybridized carbons (Fsp3) is 0.786. The van der Waals surface area contributed by atoms with Gasteiger partial charge in [-0.25, -0.2) is 4.98 Å². The Balaban J connectivity index is 1.81. The number of thiazole rings is 1. The Morgan fingerprint density at radius 3 is 2.79 bits per heavy atom. The van der Waals surface area contributed by atoms with Crippen LogP contribution in [-0.4, -0.2) is 36.5 Å². The van der Waals surface area contributed by atoms with Crippen LogP contribution in [0.5, 0.6) is 0 Å². The van der Waals surface area contributed by atoms with Crippen LogP contribution in [0.4, 0.5) is 0 Å². The van der Waals surface area contributed by atoms with Gasteiger partial charge >= 0.3 is 0 Å². The number of rotatable bonds is 6. The van der Waals surface area contributed by atoms with Crippen molar-refractivity contribution in [2.24, 2.45) is 5.41 Å². The molecule has 0 amide bonds. The Hall–Kier alpha value is -0.490. The predicted octanol–water partition coefficient (Wildman–Crippen LogP) is 2.15. The topological polar surface area (TPSA) is 54.4 Å². The number of hydrogen-bond donors (Lipinski definition) is 2. The van der Waals surface area contributed by atoms with Gasteiger partial charge in [-0.2, -0.15) is 0 Å². The molecule has 2 rings (SSSR count). The SMILES string of the molecule is CC(C)c1ncc(CNCC2(CO)CCOCC2)s1. The summed E-state index contributed by atoms with van der Waals surface area (Å²) in [6.07, 6.45) is 3.84. The highest BCUT2D eigenvalue weighted by molar-refractivity contribution is 7.11. The average molecular weight is 284 g/mol. The maximum Gasteiger partial charge on any atom is 0.0953 e. The first-order valence-electron chi connectivity index (χ1n) is 6.99. The van der Waals surface area contributed by atoms with E-state index in [0.29, 0.717) is 5.92 Å². The largest absolute Gasteiger partial charge is 0.396 e. The maximum absolute atomic E-state index is 9.61. The van der Waals surface area contributed by atoms with Crippen molar-refractivity contribution < 1.29 is 9.84 Å². The molecule has 19 heavy (non-hydrogen) atoms. The Bertz CT molecular complexity index is 387. The van der Waals surface area contributed by atoms with E-state index in [1.165, 1.54) is 9.88 Å². The molecule has 1 aromatic rings. The van der Waals surface area contributed by atoms with Gasteiger partial charge in [0.05, 0.1) is 11.6 Å². The minimum absolute atomic E-state index is 0.00379. The molecule has 108 valence electrons. The van der Waals surface area contributed by atoms with Crippen molar-refractivity contribution in [3.8, 4) is 0 Å². The molecule has 0 bridgehead atoms. The fourth-order valence-corrected chi connectivity index (χ4v) is 3.21. The van der Waals surface area contributed by atoms with Crippen LogP contribution in [0.1, 0.15) is 42.5 Å². The molecule has 4 nitrogen and oxygen atoms in total. The first-order valence-corrected chi connectivity index (χ1v) is 7.81. The molecule has 0 atom stereocenters. The maximum atomic E-state index is 9.61. The third kappa shape index (κ3) is 3.99. The van der Waals surface area contributed by atoms with E-state index in [1.54, 1.807) is 11.3 Å². The first-order chi connectivity index (χ1) is 9.15. The van der Waals surface area contributed by atoms with Crippen molar-refractivity contribution in [3.05, 3.63) is 16.1 Å². The van der Waals surface area contributed by atoms with E-state index in [0.717, 1.165) is 39.1 Å². The Morgan fingerprint density at radius 2 is 2.21 bits per heavy atom. The van der Waals surface area contributed by atoms with Crippen molar-refractivity contribution in [2.75, 3.05) is 26.4 Å². The summed E-state index contributed by atoms with van der Waals surface area (Å²) in [6, 6.07) is 0. The van der Waals surface area contributed by atoms with Gasteiger partial charge in [-0.1, -0.05) is 13.8 Å². The molecule has 1 aliphatic heterocycles. The first kappa shape index (κ1) is 14.9. The van der Waals surface area contributed by atoms with Crippen molar-refractivity contribution in [1.29, 1.82) is 0 Å². The summed E-state index contributed by atoms with van der Waals surface area (Å²) < 4.78 is 5.37. The molecular weight excluding hydrogens is 260 g/mol. The van der Waals surface area contributed by atoms with Crippen LogP contribution in [0.15, 0.2) is 6.20 Å². The molecule has 2 heterocycles. The molecule has 5 heteroatoms. The van der Waals surface area contributed by atoms with Crippen LogP contribution in [-0.2, 0) is 11.3 Å². The van der Waals surface area contributed by atoms with Crippen molar-refractivity contribution >= 4 is 11.3 Å². The summed E-state index contributed by atoms with van der Waals surface area (Å²) in [4.78, 5) is 5.70. The highest BCUT2D eigenvalue weighted by Crippen LogP contribution is 2.29. The van der Waals surface area contributed by atoms with Gasteiger partial charge in [-0.05, 0) is 12.8 Å². The molecule has 0 unspecified atom stereocenters. The molecule has 0 aromatic carbocycles. The number of aromatic nitrogens is 1. The number of nitrogens with zero attached hydrogens (tertiary/aromatic N) is 1. The van der Waals surface area contributed by atoms with Crippen LogP contribution >= 0.6 is 11.3 Å². The van der Waals surface area contributed by atoms with Crippen LogP contribution < -0.4 is 5.32 Å². The number of aliphatic hydroxyl groups excluding tert-OH is 1. The smallest absolute Gasteiger partial charge is 0.0953 e. The summed E-state index contributed by atoms with van der Waals surface area (Å²) in [6.45, 7) is 7.79. The quantitative estimate of drug-likeness (QED) is 0.840. The zero-order valence-corrected chi connectivity index (χ0v) is 12.6. The highest BCUT2D eigenvalue weighted by Gasteiger charge is 2.31. The van der Waals surface area contributed by atoms with Crippen molar-refractivity contribution in [2.45, 2.75) is 39.2 Å². The number of hydrogen-bond acceptors (Lipinski definition) is 5. The van der Waals surface area contributed by atoms with Gasteiger partial charge in [-0.15, -0.1) is 11.3 Å². The van der Waals surface area contributed by atoms with Crippen LogP contribution in [0.25, 0.3) is 0 Å². The lowest BCUT2D eigenvalue weighted by atomic mass is 9.81. The molecule has 0 saturated carbocycles. The number of nitrogens with one attached hydrogen (secondary N) is 1. The molecular formula is C14H24N2O2S. The molecule has 1 aliphatic rings. The highest BCUT2D eigenvalue weighted by atomic mass is 32.1. The van der Waals surface area contributed by atoms with Crippen LogP contribution in [0.2, 0.25) is 0 Å². The van der Waals surface area contributed by atoms with E-state index in [-0.39, 0.29) is 12.0 Å². The van der Waals surface area contributed by atoms with Gasteiger partial charge in [-0.3, -0.25) is 0 Å². The van der Waals surface area contributed by atoms with E-state index in [9.17, 15) is 5.11 Å². The zero-order chi connectivity index (χ0) is 13.7. The third-order valence-corrected chi connectivity index (χ3v) is 5.05. The van der Waals surface area contributed by atoms with Crippen LogP contribution in [0, 0.1) is 5.41 Å². The zero-order valence-electron chi connectivity index (χ0n) is 11.8. The van der Waals surface area contributed by atoms with Gasteiger partial charge in [0.2, 0.25) is 0 Å². The number of ether oxygens (including phenoxy) is 1. The summed E-state index contributed by atoms with van der Waals surface area (Å²) in [7, 11) is 0. The number of aliphatic hydroxyl groups is 1. The molecule has 2 N–H and O–H groups in total. The lowest BCUT2D eigenvalue weighted by molar-refractivity contribution is -0.0153. The van der Waals surface area contributed by atoms with E-state index in [1.807, 2.05) is 6.20 Å². The summed E-state index contributed by atoms with van der Waals surface area (Å²) in [5.74, 6) is 0.498. The Morgan fingerprint density at radius 1 is 1.47 bits per heavy atom. The van der Waals surface area contributed by atoms with E-state index in [2.05, 4.69) is 24.1 Å². The van der Waals surface area contributed by atoms with Crippen molar-refractivity contribution in [1.82, 2.24) is 10.3 Å². The van der Waals surface area contributed by atoms with E-state index >= 15 is 0 Å². The molecule has 0 aliphatic carbocycles. The fourth-order valence-electron chi connectivity index (χ4n) is 2.32. The molecule has 1 aromatic heterocycles. The molecule has 1 fully saturated rings. The average Bonchev–Trinajstić information content (AvgIpc) is 2.89. The Labute approximate surface area is 119 Å². The normalized spacial score (nSPS) is 18.9. The molecule has 0 spiro atoms. The van der Waals surface area contributed by atoms with Gasteiger partial charge in [0.25, 0.3) is 0 Å². The summed E-state index contributed by atoms with van der Waals surface area (Å²) in [5.41, 5.74) is 0.00379. The monoisotopic (exact) mass is 284 g/mol. The third-order valence-electron chi connectivity index (χ3n) is 3.75. The van der Waals surface area contributed by atoms with E-state index in [4.69, 9.17) is 4.74 Å². The molecule has 0 radical (unpaired) electrons. The van der Waals surface area contributed by atoms with Gasteiger partial charge in [0.15, 0.2) is 0 Å². The van der Waals surface area contributed by atoms with E-state index < -0.39 is 0 Å². The van der Waals surface area contributed by atoms with Gasteiger partial charge in [0.1, 0.15) is 0 Å². The standard InChI is InChI=1S/C14H24N2O2S/c1-11(2)13-16-8-12(19-13)7-15-9-14(10-17)3-5-18-6-4-14/h8,11,15,17H,3-7,9-10H2,1-2H3. The summed E-state index contributed by atoms with van der Waals surface area (Å²) in [5, 5.41) is 14.3. The Kier molecular flexibility index (Phi) is 5.33. The second-order valence-corrected chi connectivity index (χ2v) is 6.84. The lowest BCUT2D eigenvalue weighted by Gasteiger charge is -2.35. The predicted molar refractivity (Wildman–Crippen MR) is 77.5 cm³/mol. The van der Waals surface area contributed by atoms with Crippen LogP contribution in [0.3, 0.4) is 0 Å². The lowest BCUT2D eigenvalue weighted by Crippen LogP contribution is -2.41. The van der Waals surface area contributed by atoms with Gasteiger partial charge < -0.3 is 15.2 Å². The van der Waals surface area contributed by atoms with Gasteiger partial charge in [0, 0.05) is 48.7 Å². The van der Waals surface area contributed by atoms with Crippen molar-refractivity contribution in [3.63, 3.8) is 0 Å².